The van der Waals surface area contributed by atoms with Gasteiger partial charge in [0.05, 0.1) is 7.11 Å². The molecule has 1 aromatic heterocycles. The van der Waals surface area contributed by atoms with Crippen LogP contribution in [0.3, 0.4) is 0 Å². The van der Waals surface area contributed by atoms with Crippen molar-refractivity contribution in [3.8, 4) is 0 Å². The third-order valence-corrected chi connectivity index (χ3v) is 1.90. The van der Waals surface area contributed by atoms with Gasteiger partial charge in [-0.25, -0.2) is 4.79 Å². The first kappa shape index (κ1) is 9.84. The maximum atomic E-state index is 11.1. The number of esters is 1. The molecule has 0 fully saturated rings. The van der Waals surface area contributed by atoms with E-state index in [0.717, 1.165) is 5.69 Å². The van der Waals surface area contributed by atoms with Crippen LogP contribution in [0, 0.1) is 0 Å². The number of carbonyl (C=O) groups excluding carboxylic acids is 1. The lowest BCUT2D eigenvalue weighted by Crippen LogP contribution is -2.12. The summed E-state index contributed by atoms with van der Waals surface area (Å²) in [6.07, 6.45) is 0. The van der Waals surface area contributed by atoms with Crippen LogP contribution in [0.2, 0.25) is 0 Å². The molecule has 0 saturated carbocycles. The second kappa shape index (κ2) is 3.24. The highest BCUT2D eigenvalue weighted by Crippen LogP contribution is 2.21. The van der Waals surface area contributed by atoms with Crippen LogP contribution in [0.4, 0.5) is 0 Å². The lowest BCUT2D eigenvalue weighted by molar-refractivity contribution is 0.0594. The number of methoxy groups -OCH3 is 1. The molecule has 0 aliphatic heterocycles. The maximum absolute atomic E-state index is 11.1. The van der Waals surface area contributed by atoms with Crippen LogP contribution < -0.4 is 0 Å². The van der Waals surface area contributed by atoms with Gasteiger partial charge in [-0.2, -0.15) is 0 Å². The summed E-state index contributed by atoms with van der Waals surface area (Å²) < 4.78 is 4.59. The molecule has 3 heteroatoms. The number of aromatic amines is 1. The maximum Gasteiger partial charge on any atom is 0.354 e. The molecule has 0 spiro atoms. The summed E-state index contributed by atoms with van der Waals surface area (Å²) in [5.41, 5.74) is 1.58. The van der Waals surface area contributed by atoms with Crippen molar-refractivity contribution in [1.82, 2.24) is 4.98 Å². The fourth-order valence-corrected chi connectivity index (χ4v) is 1.06. The van der Waals surface area contributed by atoms with E-state index in [2.05, 4.69) is 30.5 Å². The van der Waals surface area contributed by atoms with Crippen molar-refractivity contribution in [2.24, 2.45) is 0 Å². The smallest absolute Gasteiger partial charge is 0.354 e. The van der Waals surface area contributed by atoms with Crippen molar-refractivity contribution in [3.05, 3.63) is 23.5 Å². The molecule has 0 bridgehead atoms. The average molecular weight is 183 g/mol. The molecule has 0 radical (unpaired) electrons. The second-order valence-electron chi connectivity index (χ2n) is 4.03. The molecule has 0 aliphatic carbocycles. The molecule has 0 atom stereocenters. The lowest BCUT2D eigenvalue weighted by atomic mass is 9.93. The van der Waals surface area contributed by atoms with Gasteiger partial charge in [0.15, 0.2) is 0 Å². The summed E-state index contributed by atoms with van der Waals surface area (Å²) >= 11 is 0. The highest BCUT2D eigenvalue weighted by Gasteiger charge is 2.17. The molecule has 13 heavy (non-hydrogen) atoms. The SMILES string of the molecule is COC(=O)c1ccc(C(C)(C)C)[nH]1.[HH]. The van der Waals surface area contributed by atoms with E-state index < -0.39 is 0 Å². The Balaban J connectivity index is 0.00000169. The monoisotopic (exact) mass is 183 g/mol. The molecule has 1 rings (SSSR count). The molecule has 3 nitrogen and oxygen atoms in total. The topological polar surface area (TPSA) is 42.1 Å². The van der Waals surface area contributed by atoms with Crippen LogP contribution >= 0.6 is 0 Å². The van der Waals surface area contributed by atoms with Crippen molar-refractivity contribution in [2.75, 3.05) is 7.11 Å². The first-order valence-electron chi connectivity index (χ1n) is 4.23. The van der Waals surface area contributed by atoms with E-state index in [1.54, 1.807) is 6.07 Å². The molecule has 1 heterocycles. The van der Waals surface area contributed by atoms with Crippen LogP contribution in [0.5, 0.6) is 0 Å². The number of rotatable bonds is 1. The summed E-state index contributed by atoms with van der Waals surface area (Å²) in [5.74, 6) is -0.324. The Bertz CT molecular complexity index is 312. The Labute approximate surface area is 79.6 Å². The lowest BCUT2D eigenvalue weighted by Gasteiger charge is -2.15. The van der Waals surface area contributed by atoms with Crippen molar-refractivity contribution >= 4 is 5.97 Å². The highest BCUT2D eigenvalue weighted by atomic mass is 16.5. The molecule has 0 saturated heterocycles. The number of hydrogen-bond donors (Lipinski definition) is 1. The Kier molecular flexibility index (Phi) is 2.45. The van der Waals surface area contributed by atoms with Crippen LogP contribution in [0.1, 0.15) is 38.4 Å². The third-order valence-electron chi connectivity index (χ3n) is 1.90. The average Bonchev–Trinajstić information content (AvgIpc) is 2.50. The molecule has 0 amide bonds. The van der Waals surface area contributed by atoms with Crippen LogP contribution in [-0.2, 0) is 10.2 Å². The summed E-state index contributed by atoms with van der Waals surface area (Å²) in [4.78, 5) is 14.1. The van der Waals surface area contributed by atoms with Gasteiger partial charge in [-0.05, 0) is 12.1 Å². The highest BCUT2D eigenvalue weighted by molar-refractivity contribution is 5.87. The van der Waals surface area contributed by atoms with Gasteiger partial charge < -0.3 is 9.72 Å². The number of hydrogen-bond acceptors (Lipinski definition) is 2. The Morgan fingerprint density at radius 1 is 1.46 bits per heavy atom. The largest absolute Gasteiger partial charge is 0.464 e. The van der Waals surface area contributed by atoms with Crippen LogP contribution in [0.25, 0.3) is 0 Å². The minimum atomic E-state index is -0.324. The summed E-state index contributed by atoms with van der Waals surface area (Å²) in [7, 11) is 1.37. The quantitative estimate of drug-likeness (QED) is 0.679. The van der Waals surface area contributed by atoms with Gasteiger partial charge in [0.25, 0.3) is 0 Å². The molecule has 0 aliphatic rings. The normalized spacial score (nSPS) is 11.4. The minimum Gasteiger partial charge on any atom is -0.464 e. The second-order valence-corrected chi connectivity index (χ2v) is 4.03. The van der Waals surface area contributed by atoms with E-state index in [1.807, 2.05) is 6.07 Å². The number of carbonyl (C=O) groups is 1. The van der Waals surface area contributed by atoms with Gasteiger partial charge >= 0.3 is 5.97 Å². The van der Waals surface area contributed by atoms with Crippen LogP contribution in [-0.4, -0.2) is 18.1 Å². The number of aromatic nitrogens is 1. The van der Waals surface area contributed by atoms with E-state index in [-0.39, 0.29) is 12.8 Å². The zero-order chi connectivity index (χ0) is 10.1. The molecule has 0 aromatic carbocycles. The summed E-state index contributed by atoms with van der Waals surface area (Å²) in [6, 6.07) is 3.65. The Morgan fingerprint density at radius 3 is 2.46 bits per heavy atom. The van der Waals surface area contributed by atoms with E-state index in [1.165, 1.54) is 7.11 Å². The predicted octanol–water partition coefficient (Wildman–Crippen LogP) is 2.34. The van der Waals surface area contributed by atoms with E-state index in [4.69, 9.17) is 0 Å². The van der Waals surface area contributed by atoms with E-state index in [9.17, 15) is 4.79 Å². The summed E-state index contributed by atoms with van der Waals surface area (Å²) in [6.45, 7) is 6.25. The standard InChI is InChI=1S/C10H15NO2.H2/c1-10(2,3)8-6-5-7(11-8)9(12)13-4;/h5-6,11H,1-4H3;1H. The number of ether oxygens (including phenoxy) is 1. The molecule has 74 valence electrons. The van der Waals surface area contributed by atoms with Crippen molar-refractivity contribution < 1.29 is 11.0 Å². The van der Waals surface area contributed by atoms with Gasteiger partial charge in [0.1, 0.15) is 5.69 Å². The molecular formula is C10H17NO2. The first-order valence-corrected chi connectivity index (χ1v) is 4.23. The van der Waals surface area contributed by atoms with Gasteiger partial charge in [-0.3, -0.25) is 0 Å². The van der Waals surface area contributed by atoms with Gasteiger partial charge in [-0.1, -0.05) is 20.8 Å². The zero-order valence-corrected chi connectivity index (χ0v) is 8.47. The van der Waals surface area contributed by atoms with Gasteiger partial charge in [0, 0.05) is 12.5 Å². The number of H-pyrrole nitrogens is 1. The molecule has 1 aromatic rings. The Morgan fingerprint density at radius 2 is 2.08 bits per heavy atom. The fourth-order valence-electron chi connectivity index (χ4n) is 1.06. The number of nitrogens with one attached hydrogen (secondary N) is 1. The van der Waals surface area contributed by atoms with Gasteiger partial charge in [0.2, 0.25) is 0 Å². The fraction of sp³-hybridized carbons (Fsp3) is 0.500. The van der Waals surface area contributed by atoms with E-state index in [0.29, 0.717) is 5.69 Å². The third kappa shape index (κ3) is 2.11. The predicted molar refractivity (Wildman–Crippen MR) is 52.9 cm³/mol. The zero-order valence-electron chi connectivity index (χ0n) is 8.47. The Hall–Kier alpha value is -1.25. The first-order chi connectivity index (χ1) is 5.95. The van der Waals surface area contributed by atoms with E-state index >= 15 is 0 Å². The minimum absolute atomic E-state index is 0. The molecular weight excluding hydrogens is 166 g/mol. The summed E-state index contributed by atoms with van der Waals surface area (Å²) in [5, 5.41) is 0. The van der Waals surface area contributed by atoms with Crippen molar-refractivity contribution in [1.29, 1.82) is 0 Å². The van der Waals surface area contributed by atoms with Crippen molar-refractivity contribution in [2.45, 2.75) is 26.2 Å². The van der Waals surface area contributed by atoms with Gasteiger partial charge in [-0.15, -0.1) is 0 Å². The molecule has 1 N–H and O–H groups in total. The van der Waals surface area contributed by atoms with Crippen LogP contribution in [0.15, 0.2) is 12.1 Å². The molecule has 0 unspecified atom stereocenters. The van der Waals surface area contributed by atoms with Crippen molar-refractivity contribution in [3.63, 3.8) is 0 Å².